The first-order chi connectivity index (χ1) is 14.5. The van der Waals surface area contributed by atoms with Crippen molar-refractivity contribution in [3.8, 4) is 0 Å². The van der Waals surface area contributed by atoms with Crippen molar-refractivity contribution in [3.63, 3.8) is 0 Å². The Bertz CT molecular complexity index is 844. The van der Waals surface area contributed by atoms with Crippen molar-refractivity contribution < 1.29 is 33.8 Å². The highest BCUT2D eigenvalue weighted by Gasteiger charge is 2.34. The van der Waals surface area contributed by atoms with Crippen LogP contribution in [0.4, 0.5) is 15.4 Å². The number of thioether (sulfide) groups is 1. The van der Waals surface area contributed by atoms with E-state index in [1.54, 1.807) is 48.5 Å². The van der Waals surface area contributed by atoms with Crippen LogP contribution in [0.15, 0.2) is 12.3 Å². The van der Waals surface area contributed by atoms with E-state index in [1.165, 1.54) is 19.2 Å². The normalized spacial score (nSPS) is 12.6. The lowest BCUT2D eigenvalue weighted by molar-refractivity contribution is -0.140. The van der Waals surface area contributed by atoms with Crippen LogP contribution in [0, 0.1) is 12.8 Å². The van der Waals surface area contributed by atoms with Gasteiger partial charge in [-0.15, -0.1) is 0 Å². The molecular formula is C22H32N2O7S. The molecule has 32 heavy (non-hydrogen) atoms. The quantitative estimate of drug-likeness (QED) is 0.638. The van der Waals surface area contributed by atoms with E-state index in [-0.39, 0.29) is 23.1 Å². The summed E-state index contributed by atoms with van der Waals surface area (Å²) in [5.74, 6) is -1.68. The van der Waals surface area contributed by atoms with Crippen molar-refractivity contribution in [2.45, 2.75) is 73.0 Å². The number of aliphatic carboxylic acids is 1. The molecule has 0 spiro atoms. The zero-order valence-electron chi connectivity index (χ0n) is 19.8. The lowest BCUT2D eigenvalue weighted by atomic mass is 9.99. The predicted octanol–water partition coefficient (Wildman–Crippen LogP) is 4.59. The molecule has 1 heterocycles. The minimum atomic E-state index is -1.02. The molecule has 0 aliphatic carbocycles. The molecule has 0 aliphatic heterocycles. The highest BCUT2D eigenvalue weighted by Crippen LogP contribution is 2.24. The van der Waals surface area contributed by atoms with E-state index in [2.05, 4.69) is 4.98 Å². The van der Waals surface area contributed by atoms with Crippen LogP contribution in [0.2, 0.25) is 0 Å². The average Bonchev–Trinajstić information content (AvgIpc) is 2.56. The molecule has 1 unspecified atom stereocenters. The second-order valence-corrected chi connectivity index (χ2v) is 10.5. The van der Waals surface area contributed by atoms with Crippen LogP contribution in [-0.2, 0) is 25.5 Å². The number of imide groups is 1. The van der Waals surface area contributed by atoms with Gasteiger partial charge in [-0.05, 0) is 72.1 Å². The third-order valence-corrected chi connectivity index (χ3v) is 4.86. The van der Waals surface area contributed by atoms with Crippen molar-refractivity contribution in [2.24, 2.45) is 5.92 Å². The van der Waals surface area contributed by atoms with Crippen molar-refractivity contribution in [1.29, 1.82) is 0 Å². The molecule has 178 valence electrons. The monoisotopic (exact) mass is 468 g/mol. The molecular weight excluding hydrogens is 436 g/mol. The fourth-order valence-electron chi connectivity index (χ4n) is 2.48. The number of aromatic nitrogens is 1. The molecule has 2 amide bonds. The first kappa shape index (κ1) is 27.4. The van der Waals surface area contributed by atoms with E-state index in [1.807, 2.05) is 0 Å². The Hall–Kier alpha value is -2.62. The molecule has 1 atom stereocenters. The molecule has 0 bridgehead atoms. The van der Waals surface area contributed by atoms with Gasteiger partial charge in [0.15, 0.2) is 5.12 Å². The van der Waals surface area contributed by atoms with Crippen LogP contribution >= 0.6 is 11.8 Å². The van der Waals surface area contributed by atoms with Gasteiger partial charge in [-0.2, -0.15) is 4.90 Å². The van der Waals surface area contributed by atoms with Gasteiger partial charge >= 0.3 is 18.2 Å². The maximum Gasteiger partial charge on any atom is 0.425 e. The van der Waals surface area contributed by atoms with Gasteiger partial charge in [0.2, 0.25) is 0 Å². The molecule has 0 aromatic carbocycles. The number of ether oxygens (including phenoxy) is 2. The molecule has 0 radical (unpaired) electrons. The number of amides is 2. The Balaban J connectivity index is 3.25. The van der Waals surface area contributed by atoms with Crippen LogP contribution < -0.4 is 4.90 Å². The highest BCUT2D eigenvalue weighted by atomic mass is 32.2. The number of anilines is 1. The second kappa shape index (κ2) is 10.8. The number of pyridine rings is 1. The Morgan fingerprint density at radius 3 is 1.94 bits per heavy atom. The Labute approximate surface area is 192 Å². The summed E-state index contributed by atoms with van der Waals surface area (Å²) >= 11 is 0.948. The minimum absolute atomic E-state index is 0.000244. The predicted molar refractivity (Wildman–Crippen MR) is 122 cm³/mol. The third kappa shape index (κ3) is 9.25. The zero-order chi connectivity index (χ0) is 24.9. The first-order valence-corrected chi connectivity index (χ1v) is 11.1. The summed E-state index contributed by atoms with van der Waals surface area (Å²) < 4.78 is 10.7. The van der Waals surface area contributed by atoms with Gasteiger partial charge in [-0.3, -0.25) is 9.59 Å². The summed E-state index contributed by atoms with van der Waals surface area (Å²) in [6.07, 6.45) is -0.311. The molecule has 0 saturated heterocycles. The number of hydrogen-bond acceptors (Lipinski definition) is 8. The van der Waals surface area contributed by atoms with Crippen molar-refractivity contribution in [1.82, 2.24) is 4.98 Å². The number of carboxylic acid groups (broad SMARTS) is 1. The Morgan fingerprint density at radius 1 is 1.06 bits per heavy atom. The summed E-state index contributed by atoms with van der Waals surface area (Å²) in [6, 6.07) is 1.50. The zero-order valence-corrected chi connectivity index (χ0v) is 20.7. The van der Waals surface area contributed by atoms with Crippen LogP contribution in [0.3, 0.4) is 0 Å². The topological polar surface area (TPSA) is 123 Å². The number of nitrogens with zero attached hydrogens (tertiary/aromatic N) is 2. The fraction of sp³-hybridized carbons (Fsp3) is 0.591. The molecule has 1 aromatic heterocycles. The molecule has 0 fully saturated rings. The van der Waals surface area contributed by atoms with Crippen molar-refractivity contribution in [3.05, 3.63) is 23.4 Å². The van der Waals surface area contributed by atoms with Gasteiger partial charge in [0.1, 0.15) is 17.0 Å². The first-order valence-electron chi connectivity index (χ1n) is 10.1. The summed E-state index contributed by atoms with van der Waals surface area (Å²) in [6.45, 7) is 13.1. The number of carbonyl (C=O) groups excluding carboxylic acids is 3. The molecule has 1 rings (SSSR count). The third-order valence-electron chi connectivity index (χ3n) is 3.89. The van der Waals surface area contributed by atoms with Crippen LogP contribution in [0.1, 0.15) is 59.6 Å². The van der Waals surface area contributed by atoms with Gasteiger partial charge in [0.25, 0.3) is 0 Å². The number of hydrogen-bond donors (Lipinski definition) is 1. The lowest BCUT2D eigenvalue weighted by Crippen LogP contribution is -2.44. The average molecular weight is 469 g/mol. The van der Waals surface area contributed by atoms with Crippen LogP contribution in [0.5, 0.6) is 0 Å². The van der Waals surface area contributed by atoms with E-state index >= 15 is 0 Å². The molecule has 1 aromatic rings. The van der Waals surface area contributed by atoms with Crippen molar-refractivity contribution >= 4 is 40.9 Å². The van der Waals surface area contributed by atoms with Crippen molar-refractivity contribution in [2.75, 3.05) is 10.7 Å². The Kier molecular flexibility index (Phi) is 9.25. The highest BCUT2D eigenvalue weighted by molar-refractivity contribution is 8.13. The summed E-state index contributed by atoms with van der Waals surface area (Å²) in [4.78, 5) is 53.2. The lowest BCUT2D eigenvalue weighted by Gasteiger charge is -2.28. The van der Waals surface area contributed by atoms with Gasteiger partial charge < -0.3 is 14.6 Å². The molecule has 9 nitrogen and oxygen atoms in total. The molecule has 1 N–H and O–H groups in total. The number of carboxylic acids is 1. The van der Waals surface area contributed by atoms with E-state index in [0.717, 1.165) is 11.8 Å². The van der Waals surface area contributed by atoms with E-state index < -0.39 is 35.3 Å². The smallest absolute Gasteiger partial charge is 0.425 e. The van der Waals surface area contributed by atoms with Gasteiger partial charge in [0.05, 0.1) is 5.92 Å². The summed E-state index contributed by atoms with van der Waals surface area (Å²) in [5, 5.41) is 9.31. The Morgan fingerprint density at radius 2 is 1.56 bits per heavy atom. The van der Waals surface area contributed by atoms with Crippen LogP contribution in [0.25, 0.3) is 0 Å². The number of carbonyl (C=O) groups is 4. The largest absolute Gasteiger partial charge is 0.481 e. The molecule has 0 saturated carbocycles. The SMILES string of the molecule is CC(=O)SCC(Cc1cnc(N(C(=O)OC(C)(C)C)C(=O)OC(C)(C)C)cc1C)C(=O)O. The molecule has 10 heteroatoms. The number of rotatable bonds is 6. The van der Waals surface area contributed by atoms with E-state index in [9.17, 15) is 24.3 Å². The standard InChI is InChI=1S/C22H32N2O7S/c1-13-9-17(23-11-15(13)10-16(18(26)27)12-32-14(2)25)24(19(28)30-21(3,4)5)20(29)31-22(6,7)8/h9,11,16H,10,12H2,1-8H3,(H,26,27). The maximum atomic E-state index is 12.7. The summed E-state index contributed by atoms with van der Waals surface area (Å²) in [7, 11) is 0. The van der Waals surface area contributed by atoms with E-state index in [0.29, 0.717) is 16.0 Å². The van der Waals surface area contributed by atoms with E-state index in [4.69, 9.17) is 9.47 Å². The number of aryl methyl sites for hydroxylation is 1. The van der Waals surface area contributed by atoms with Gasteiger partial charge in [-0.25, -0.2) is 14.6 Å². The second-order valence-electron chi connectivity index (χ2n) is 9.31. The minimum Gasteiger partial charge on any atom is -0.481 e. The maximum absolute atomic E-state index is 12.7. The summed E-state index contributed by atoms with van der Waals surface area (Å²) in [5.41, 5.74) is -0.449. The van der Waals surface area contributed by atoms with Crippen LogP contribution in [-0.4, -0.2) is 50.3 Å². The van der Waals surface area contributed by atoms with Gasteiger partial charge in [0, 0.05) is 18.9 Å². The fourth-order valence-corrected chi connectivity index (χ4v) is 3.18. The van der Waals surface area contributed by atoms with Gasteiger partial charge in [-0.1, -0.05) is 11.8 Å². The molecule has 0 aliphatic rings.